The van der Waals surface area contributed by atoms with Crippen LogP contribution in [0.1, 0.15) is 31.7 Å². The number of urea groups is 1. The Balaban J connectivity index is 1.84. The molecule has 0 saturated heterocycles. The van der Waals surface area contributed by atoms with Crippen LogP contribution in [-0.2, 0) is 11.2 Å². The maximum Gasteiger partial charge on any atom is 0.329 e. The van der Waals surface area contributed by atoms with Crippen LogP contribution in [-0.4, -0.2) is 28.7 Å². The molecule has 5 nitrogen and oxygen atoms in total. The van der Waals surface area contributed by atoms with Gasteiger partial charge in [-0.05, 0) is 50.3 Å². The molecule has 1 aliphatic rings. The average molecular weight is 294 g/mol. The molecule has 114 valence electrons. The van der Waals surface area contributed by atoms with Gasteiger partial charge in [-0.1, -0.05) is 12.1 Å². The fourth-order valence-corrected chi connectivity index (χ4v) is 2.42. The molecule has 1 atom stereocenters. The first-order valence-corrected chi connectivity index (χ1v) is 6.98. The molecule has 1 aliphatic carbocycles. The summed E-state index contributed by atoms with van der Waals surface area (Å²) < 4.78 is 12.8. The number of amides is 2. The topological polar surface area (TPSA) is 78.4 Å². The van der Waals surface area contributed by atoms with Crippen LogP contribution >= 0.6 is 0 Å². The summed E-state index contributed by atoms with van der Waals surface area (Å²) in [5.74, 6) is -1.29. The van der Waals surface area contributed by atoms with Gasteiger partial charge in [0.05, 0.1) is 0 Å². The summed E-state index contributed by atoms with van der Waals surface area (Å²) in [6.07, 6.45) is 2.27. The van der Waals surface area contributed by atoms with E-state index in [-0.39, 0.29) is 11.9 Å². The summed E-state index contributed by atoms with van der Waals surface area (Å²) in [4.78, 5) is 23.0. The van der Waals surface area contributed by atoms with Crippen LogP contribution in [0.3, 0.4) is 0 Å². The number of hydrogen-bond donors (Lipinski definition) is 3. The molecule has 1 unspecified atom stereocenters. The number of carbonyl (C=O) groups is 2. The summed E-state index contributed by atoms with van der Waals surface area (Å²) in [6, 6.07) is 5.41. The standard InChI is InChI=1S/C15H19FN2O3/c1-10(9-11-3-5-12(16)6-4-11)17-14(21)18-15(13(19)20)7-2-8-15/h3-6,10H,2,7-9H2,1H3,(H,19,20)(H2,17,18,21). The SMILES string of the molecule is CC(Cc1ccc(F)cc1)NC(=O)NC1(C(=O)O)CCC1. The summed E-state index contributed by atoms with van der Waals surface area (Å²) in [6.45, 7) is 1.82. The third-order valence-electron chi connectivity index (χ3n) is 3.80. The maximum atomic E-state index is 12.8. The summed E-state index contributed by atoms with van der Waals surface area (Å²) in [5.41, 5.74) is -0.208. The second-order valence-electron chi connectivity index (χ2n) is 5.57. The molecule has 6 heteroatoms. The Morgan fingerprint density at radius 2 is 1.95 bits per heavy atom. The number of aliphatic carboxylic acids is 1. The lowest BCUT2D eigenvalue weighted by Crippen LogP contribution is -2.61. The second kappa shape index (κ2) is 6.11. The Morgan fingerprint density at radius 1 is 1.33 bits per heavy atom. The van der Waals surface area contributed by atoms with E-state index in [2.05, 4.69) is 10.6 Å². The van der Waals surface area contributed by atoms with E-state index in [0.29, 0.717) is 19.3 Å². The van der Waals surface area contributed by atoms with E-state index in [0.717, 1.165) is 12.0 Å². The average Bonchev–Trinajstić information content (AvgIpc) is 2.36. The Kier molecular flexibility index (Phi) is 4.45. The van der Waals surface area contributed by atoms with Gasteiger partial charge in [-0.2, -0.15) is 0 Å². The van der Waals surface area contributed by atoms with E-state index >= 15 is 0 Å². The lowest BCUT2D eigenvalue weighted by atomic mass is 9.77. The van der Waals surface area contributed by atoms with Gasteiger partial charge in [0.2, 0.25) is 0 Å². The van der Waals surface area contributed by atoms with Gasteiger partial charge in [0.25, 0.3) is 0 Å². The number of nitrogens with one attached hydrogen (secondary N) is 2. The highest BCUT2D eigenvalue weighted by Gasteiger charge is 2.45. The van der Waals surface area contributed by atoms with Crippen LogP contribution in [0, 0.1) is 5.82 Å². The van der Waals surface area contributed by atoms with E-state index in [1.165, 1.54) is 12.1 Å². The predicted molar refractivity (Wildman–Crippen MR) is 75.5 cm³/mol. The van der Waals surface area contributed by atoms with Crippen molar-refractivity contribution in [1.82, 2.24) is 10.6 Å². The van der Waals surface area contributed by atoms with Crippen molar-refractivity contribution in [2.75, 3.05) is 0 Å². The first-order valence-electron chi connectivity index (χ1n) is 6.98. The van der Waals surface area contributed by atoms with E-state index in [9.17, 15) is 14.0 Å². The molecular weight excluding hydrogens is 275 g/mol. The Morgan fingerprint density at radius 3 is 2.43 bits per heavy atom. The lowest BCUT2D eigenvalue weighted by Gasteiger charge is -2.38. The van der Waals surface area contributed by atoms with Crippen molar-refractivity contribution < 1.29 is 19.1 Å². The molecule has 1 fully saturated rings. The molecule has 1 saturated carbocycles. The first-order chi connectivity index (χ1) is 9.91. The van der Waals surface area contributed by atoms with Crippen molar-refractivity contribution in [2.45, 2.75) is 44.2 Å². The van der Waals surface area contributed by atoms with Crippen molar-refractivity contribution in [2.24, 2.45) is 0 Å². The normalized spacial score (nSPS) is 17.4. The summed E-state index contributed by atoms with van der Waals surface area (Å²) >= 11 is 0. The van der Waals surface area contributed by atoms with Gasteiger partial charge in [0.1, 0.15) is 11.4 Å². The van der Waals surface area contributed by atoms with Crippen LogP contribution in [0.2, 0.25) is 0 Å². The van der Waals surface area contributed by atoms with Gasteiger partial charge in [-0.3, -0.25) is 0 Å². The summed E-state index contributed by atoms with van der Waals surface area (Å²) in [7, 11) is 0. The van der Waals surface area contributed by atoms with Crippen LogP contribution < -0.4 is 10.6 Å². The van der Waals surface area contributed by atoms with Gasteiger partial charge in [0.15, 0.2) is 0 Å². The molecule has 0 aliphatic heterocycles. The Labute approximate surface area is 122 Å². The molecule has 0 aromatic heterocycles. The molecule has 0 heterocycles. The van der Waals surface area contributed by atoms with Crippen LogP contribution in [0.5, 0.6) is 0 Å². The number of halogens is 1. The third-order valence-corrected chi connectivity index (χ3v) is 3.80. The molecule has 3 N–H and O–H groups in total. The smallest absolute Gasteiger partial charge is 0.329 e. The van der Waals surface area contributed by atoms with Gasteiger partial charge < -0.3 is 15.7 Å². The molecule has 2 amide bonds. The van der Waals surface area contributed by atoms with Gasteiger partial charge in [-0.15, -0.1) is 0 Å². The van der Waals surface area contributed by atoms with Crippen molar-refractivity contribution in [1.29, 1.82) is 0 Å². The highest BCUT2D eigenvalue weighted by molar-refractivity contribution is 5.87. The number of hydrogen-bond acceptors (Lipinski definition) is 2. The zero-order valence-corrected chi connectivity index (χ0v) is 11.9. The largest absolute Gasteiger partial charge is 0.480 e. The van der Waals surface area contributed by atoms with Crippen LogP contribution in [0.15, 0.2) is 24.3 Å². The minimum absolute atomic E-state index is 0.179. The fraction of sp³-hybridized carbons (Fsp3) is 0.467. The summed E-state index contributed by atoms with van der Waals surface area (Å²) in [5, 5.41) is 14.4. The van der Waals surface area contributed by atoms with Crippen molar-refractivity contribution in [3.05, 3.63) is 35.6 Å². The van der Waals surface area contributed by atoms with E-state index in [1.54, 1.807) is 12.1 Å². The third kappa shape index (κ3) is 3.71. The first kappa shape index (κ1) is 15.3. The fourth-order valence-electron chi connectivity index (χ4n) is 2.42. The molecule has 0 spiro atoms. The van der Waals surface area contributed by atoms with Crippen molar-refractivity contribution in [3.63, 3.8) is 0 Å². The Hall–Kier alpha value is -2.11. The number of benzene rings is 1. The second-order valence-corrected chi connectivity index (χ2v) is 5.57. The quantitative estimate of drug-likeness (QED) is 0.778. The highest BCUT2D eigenvalue weighted by Crippen LogP contribution is 2.31. The number of carbonyl (C=O) groups excluding carboxylic acids is 1. The zero-order chi connectivity index (χ0) is 15.5. The molecular formula is C15H19FN2O3. The molecule has 21 heavy (non-hydrogen) atoms. The zero-order valence-electron chi connectivity index (χ0n) is 11.9. The number of carboxylic acids is 1. The predicted octanol–water partition coefficient (Wildman–Crippen LogP) is 2.06. The molecule has 2 rings (SSSR count). The van der Waals surface area contributed by atoms with E-state index < -0.39 is 17.5 Å². The minimum Gasteiger partial charge on any atom is -0.480 e. The van der Waals surface area contributed by atoms with Crippen LogP contribution in [0.25, 0.3) is 0 Å². The monoisotopic (exact) mass is 294 g/mol. The van der Waals surface area contributed by atoms with E-state index in [1.807, 2.05) is 6.92 Å². The minimum atomic E-state index is -1.11. The molecule has 0 bridgehead atoms. The number of carboxylic acid groups (broad SMARTS) is 1. The molecule has 1 aromatic rings. The lowest BCUT2D eigenvalue weighted by molar-refractivity contribution is -0.148. The van der Waals surface area contributed by atoms with E-state index in [4.69, 9.17) is 5.11 Å². The number of rotatable bonds is 5. The van der Waals surface area contributed by atoms with Crippen molar-refractivity contribution in [3.8, 4) is 0 Å². The molecule has 1 aromatic carbocycles. The van der Waals surface area contributed by atoms with Crippen molar-refractivity contribution >= 4 is 12.0 Å². The van der Waals surface area contributed by atoms with Gasteiger partial charge in [-0.25, -0.2) is 14.0 Å². The Bertz CT molecular complexity index is 526. The maximum absolute atomic E-state index is 12.8. The molecule has 0 radical (unpaired) electrons. The van der Waals surface area contributed by atoms with Gasteiger partial charge in [0, 0.05) is 6.04 Å². The highest BCUT2D eigenvalue weighted by atomic mass is 19.1. The van der Waals surface area contributed by atoms with Gasteiger partial charge >= 0.3 is 12.0 Å². The van der Waals surface area contributed by atoms with Crippen LogP contribution in [0.4, 0.5) is 9.18 Å².